The van der Waals surface area contributed by atoms with Gasteiger partial charge in [-0.15, -0.1) is 0 Å². The molecule has 1 aliphatic heterocycles. The minimum absolute atomic E-state index is 0.147. The van der Waals surface area contributed by atoms with Gasteiger partial charge in [0.15, 0.2) is 0 Å². The highest BCUT2D eigenvalue weighted by Crippen LogP contribution is 2.26. The zero-order valence-corrected chi connectivity index (χ0v) is 19.0. The van der Waals surface area contributed by atoms with Crippen molar-refractivity contribution >= 4 is 34.4 Å². The molecule has 1 atom stereocenters. The van der Waals surface area contributed by atoms with Gasteiger partial charge in [0.2, 0.25) is 5.91 Å². The quantitative estimate of drug-likeness (QED) is 0.544. The van der Waals surface area contributed by atoms with Gasteiger partial charge in [0.25, 0.3) is 0 Å². The van der Waals surface area contributed by atoms with Crippen molar-refractivity contribution in [2.24, 2.45) is 0 Å². The van der Waals surface area contributed by atoms with E-state index < -0.39 is 6.04 Å². The van der Waals surface area contributed by atoms with Gasteiger partial charge in [-0.3, -0.25) is 9.69 Å². The van der Waals surface area contributed by atoms with Crippen molar-refractivity contribution in [2.45, 2.75) is 25.8 Å². The number of aromatic amines is 1. The number of esters is 1. The minimum atomic E-state index is -0.490. The van der Waals surface area contributed by atoms with E-state index in [0.717, 1.165) is 16.6 Å². The van der Waals surface area contributed by atoms with Crippen molar-refractivity contribution in [3.05, 3.63) is 70.9 Å². The first-order chi connectivity index (χ1) is 15.6. The topological polar surface area (TPSA) is 65.6 Å². The highest BCUT2D eigenvalue weighted by molar-refractivity contribution is 6.30. The molecule has 2 heterocycles. The lowest BCUT2D eigenvalue weighted by molar-refractivity contribution is -0.151. The van der Waals surface area contributed by atoms with Crippen LogP contribution in [0.15, 0.2) is 54.7 Å². The van der Waals surface area contributed by atoms with Crippen molar-refractivity contribution in [2.75, 3.05) is 32.8 Å². The van der Waals surface area contributed by atoms with E-state index in [4.69, 9.17) is 16.3 Å². The number of carbonyl (C=O) groups is 2. The molecule has 0 spiro atoms. The molecule has 7 heteroatoms. The molecule has 0 radical (unpaired) electrons. The molecule has 1 aromatic heterocycles. The standard InChI is InChI=1S/C25H28ClN3O3/c1-2-32-25(31)24(18-7-10-20(26)11-8-18)29-15-13-28(14-16-29)23(30)12-9-19-17-27-22-6-4-3-5-21(19)22/h3-8,10-11,17,24,27H,2,9,12-16H2,1H3/t24-/m1/s1. The summed E-state index contributed by atoms with van der Waals surface area (Å²) in [6.07, 6.45) is 3.17. The number of piperazine rings is 1. The van der Waals surface area contributed by atoms with Crippen molar-refractivity contribution in [3.63, 3.8) is 0 Å². The molecule has 32 heavy (non-hydrogen) atoms. The first-order valence-corrected chi connectivity index (χ1v) is 11.4. The zero-order chi connectivity index (χ0) is 22.5. The highest BCUT2D eigenvalue weighted by atomic mass is 35.5. The van der Waals surface area contributed by atoms with Crippen LogP contribution in [0.1, 0.15) is 30.5 Å². The molecule has 2 aromatic carbocycles. The molecule has 1 aliphatic rings. The molecule has 6 nitrogen and oxygen atoms in total. The number of nitrogens with one attached hydrogen (secondary N) is 1. The van der Waals surface area contributed by atoms with Crippen LogP contribution in [0.3, 0.4) is 0 Å². The number of nitrogens with zero attached hydrogens (tertiary/aromatic N) is 2. The average molecular weight is 454 g/mol. The molecule has 3 aromatic rings. The van der Waals surface area contributed by atoms with E-state index >= 15 is 0 Å². The number of benzene rings is 2. The Hall–Kier alpha value is -2.83. The van der Waals surface area contributed by atoms with Crippen LogP contribution in [0, 0.1) is 0 Å². The van der Waals surface area contributed by atoms with Crippen LogP contribution in [-0.4, -0.2) is 59.4 Å². The third-order valence-electron chi connectivity index (χ3n) is 6.01. The van der Waals surface area contributed by atoms with E-state index in [9.17, 15) is 9.59 Å². The number of fused-ring (bicyclic) bond motifs is 1. The molecule has 0 aliphatic carbocycles. The normalized spacial score (nSPS) is 15.6. The Morgan fingerprint density at radius 3 is 2.50 bits per heavy atom. The fourth-order valence-electron chi connectivity index (χ4n) is 4.33. The smallest absolute Gasteiger partial charge is 0.328 e. The van der Waals surface area contributed by atoms with Crippen molar-refractivity contribution < 1.29 is 14.3 Å². The molecule has 4 rings (SSSR count). The van der Waals surface area contributed by atoms with Gasteiger partial charge in [-0.2, -0.15) is 0 Å². The molecule has 0 bridgehead atoms. The lowest BCUT2D eigenvalue weighted by Gasteiger charge is -2.38. The lowest BCUT2D eigenvalue weighted by Crippen LogP contribution is -2.51. The average Bonchev–Trinajstić information content (AvgIpc) is 3.23. The van der Waals surface area contributed by atoms with Crippen LogP contribution in [0.4, 0.5) is 0 Å². The maximum atomic E-state index is 12.8. The van der Waals surface area contributed by atoms with Crippen molar-refractivity contribution in [1.82, 2.24) is 14.8 Å². The van der Waals surface area contributed by atoms with Crippen LogP contribution in [0.5, 0.6) is 0 Å². The fraction of sp³-hybridized carbons (Fsp3) is 0.360. The van der Waals surface area contributed by atoms with Crippen LogP contribution in [0.25, 0.3) is 10.9 Å². The lowest BCUT2D eigenvalue weighted by atomic mass is 10.0. The third kappa shape index (κ3) is 4.97. The molecule has 1 N–H and O–H groups in total. The van der Waals surface area contributed by atoms with Gasteiger partial charge in [0, 0.05) is 54.7 Å². The number of hydrogen-bond acceptors (Lipinski definition) is 4. The monoisotopic (exact) mass is 453 g/mol. The second kappa shape index (κ2) is 10.2. The van der Waals surface area contributed by atoms with Crippen molar-refractivity contribution in [1.29, 1.82) is 0 Å². The molecular weight excluding hydrogens is 426 g/mol. The van der Waals surface area contributed by atoms with Crippen LogP contribution < -0.4 is 0 Å². The van der Waals surface area contributed by atoms with E-state index in [0.29, 0.717) is 50.7 Å². The summed E-state index contributed by atoms with van der Waals surface area (Å²) in [7, 11) is 0. The molecule has 1 saturated heterocycles. The summed E-state index contributed by atoms with van der Waals surface area (Å²) in [6.45, 7) is 4.55. The summed E-state index contributed by atoms with van der Waals surface area (Å²) in [4.78, 5) is 32.8. The SMILES string of the molecule is CCOC(=O)[C@@H](c1ccc(Cl)cc1)N1CCN(C(=O)CCc2c[nH]c3ccccc23)CC1. The van der Waals surface area contributed by atoms with E-state index in [1.54, 1.807) is 19.1 Å². The number of ether oxygens (including phenoxy) is 1. The molecule has 1 fully saturated rings. The van der Waals surface area contributed by atoms with E-state index in [-0.39, 0.29) is 11.9 Å². The number of hydrogen-bond donors (Lipinski definition) is 1. The van der Waals surface area contributed by atoms with Gasteiger partial charge < -0.3 is 14.6 Å². The summed E-state index contributed by atoms with van der Waals surface area (Å²) < 4.78 is 5.33. The summed E-state index contributed by atoms with van der Waals surface area (Å²) in [5.41, 5.74) is 3.11. The maximum absolute atomic E-state index is 12.8. The van der Waals surface area contributed by atoms with Gasteiger partial charge >= 0.3 is 5.97 Å². The van der Waals surface area contributed by atoms with Gasteiger partial charge in [-0.05, 0) is 42.7 Å². The maximum Gasteiger partial charge on any atom is 0.328 e. The summed E-state index contributed by atoms with van der Waals surface area (Å²) in [5, 5.41) is 1.80. The Labute approximate surface area is 193 Å². The fourth-order valence-corrected chi connectivity index (χ4v) is 4.46. The minimum Gasteiger partial charge on any atom is -0.465 e. The van der Waals surface area contributed by atoms with E-state index in [1.165, 1.54) is 5.39 Å². The molecule has 168 valence electrons. The number of aromatic nitrogens is 1. The third-order valence-corrected chi connectivity index (χ3v) is 6.26. The van der Waals surface area contributed by atoms with Gasteiger partial charge in [0.1, 0.15) is 6.04 Å². The van der Waals surface area contributed by atoms with Crippen LogP contribution >= 0.6 is 11.6 Å². The predicted octanol–water partition coefficient (Wildman–Crippen LogP) is 4.20. The highest BCUT2D eigenvalue weighted by Gasteiger charge is 2.32. The molecule has 1 amide bonds. The summed E-state index contributed by atoms with van der Waals surface area (Å²) in [6, 6.07) is 14.9. The first kappa shape index (κ1) is 22.4. The Morgan fingerprint density at radius 2 is 1.78 bits per heavy atom. The number of aryl methyl sites for hydroxylation is 1. The number of rotatable bonds is 7. The number of para-hydroxylation sites is 1. The Balaban J connectivity index is 1.36. The summed E-state index contributed by atoms with van der Waals surface area (Å²) >= 11 is 6.02. The van der Waals surface area contributed by atoms with E-state index in [2.05, 4.69) is 16.0 Å². The van der Waals surface area contributed by atoms with Gasteiger partial charge in [-0.1, -0.05) is 41.9 Å². The predicted molar refractivity (Wildman–Crippen MR) is 126 cm³/mol. The Kier molecular flexibility index (Phi) is 7.12. The summed E-state index contributed by atoms with van der Waals surface area (Å²) in [5.74, 6) is -0.122. The number of halogens is 1. The molecule has 0 unspecified atom stereocenters. The number of H-pyrrole nitrogens is 1. The molecular formula is C25H28ClN3O3. The zero-order valence-electron chi connectivity index (χ0n) is 18.2. The van der Waals surface area contributed by atoms with Gasteiger partial charge in [0.05, 0.1) is 6.61 Å². The van der Waals surface area contributed by atoms with Gasteiger partial charge in [-0.25, -0.2) is 4.79 Å². The van der Waals surface area contributed by atoms with E-state index in [1.807, 2.05) is 41.4 Å². The number of amides is 1. The van der Waals surface area contributed by atoms with Crippen LogP contribution in [0.2, 0.25) is 5.02 Å². The van der Waals surface area contributed by atoms with Crippen LogP contribution in [-0.2, 0) is 20.7 Å². The second-order valence-corrected chi connectivity index (χ2v) is 8.42. The molecule has 0 saturated carbocycles. The Morgan fingerprint density at radius 1 is 1.06 bits per heavy atom. The number of carbonyl (C=O) groups excluding carboxylic acids is 2. The van der Waals surface area contributed by atoms with Crippen molar-refractivity contribution in [3.8, 4) is 0 Å². The first-order valence-electron chi connectivity index (χ1n) is 11.1. The second-order valence-electron chi connectivity index (χ2n) is 7.98. The largest absolute Gasteiger partial charge is 0.465 e. The Bertz CT molecular complexity index is 1070.